The van der Waals surface area contributed by atoms with Crippen molar-refractivity contribution in [3.63, 3.8) is 0 Å². The molecule has 0 fully saturated rings. The van der Waals surface area contributed by atoms with Crippen LogP contribution in [0.5, 0.6) is 0 Å². The highest BCUT2D eigenvalue weighted by molar-refractivity contribution is 7.08. The molecule has 82 valence electrons. The molecule has 1 aromatic heterocycles. The summed E-state index contributed by atoms with van der Waals surface area (Å²) in [6.45, 7) is 0. The van der Waals surface area contributed by atoms with Crippen molar-refractivity contribution in [3.05, 3.63) is 46.7 Å². The minimum absolute atomic E-state index is 0.0241. The minimum atomic E-state index is -0.0241. The lowest BCUT2D eigenvalue weighted by molar-refractivity contribution is -0.115. The number of anilines is 2. The van der Waals surface area contributed by atoms with Crippen LogP contribution in [0.2, 0.25) is 0 Å². The molecule has 0 saturated heterocycles. The maximum absolute atomic E-state index is 11.6. The molecule has 3 nitrogen and oxygen atoms in total. The Kier molecular flexibility index (Phi) is 3.22. The zero-order valence-electron chi connectivity index (χ0n) is 8.64. The lowest BCUT2D eigenvalue weighted by atomic mass is 10.1. The number of nitrogen functional groups attached to an aromatic ring is 1. The van der Waals surface area contributed by atoms with E-state index in [2.05, 4.69) is 5.32 Å². The van der Waals surface area contributed by atoms with Crippen molar-refractivity contribution >= 4 is 28.6 Å². The number of rotatable bonds is 3. The summed E-state index contributed by atoms with van der Waals surface area (Å²) in [5.74, 6) is -0.0241. The number of carbonyl (C=O) groups is 1. The summed E-state index contributed by atoms with van der Waals surface area (Å²) in [7, 11) is 0. The quantitative estimate of drug-likeness (QED) is 0.799. The number of nitrogens with one attached hydrogen (secondary N) is 1. The molecule has 4 heteroatoms. The second-order valence-corrected chi connectivity index (χ2v) is 4.26. The second kappa shape index (κ2) is 4.81. The second-order valence-electron chi connectivity index (χ2n) is 3.48. The zero-order chi connectivity index (χ0) is 11.4. The summed E-state index contributed by atoms with van der Waals surface area (Å²) in [5, 5.41) is 6.65. The largest absolute Gasteiger partial charge is 0.399 e. The molecule has 3 N–H and O–H groups in total. The highest BCUT2D eigenvalue weighted by Gasteiger charge is 2.04. The molecule has 0 saturated carbocycles. The van der Waals surface area contributed by atoms with E-state index in [0.29, 0.717) is 12.1 Å². The van der Waals surface area contributed by atoms with E-state index in [-0.39, 0.29) is 5.91 Å². The van der Waals surface area contributed by atoms with Crippen molar-refractivity contribution in [2.75, 3.05) is 11.1 Å². The van der Waals surface area contributed by atoms with E-state index in [1.54, 1.807) is 17.4 Å². The summed E-state index contributed by atoms with van der Waals surface area (Å²) in [5.41, 5.74) is 8.09. The third-order valence-corrected chi connectivity index (χ3v) is 2.80. The molecule has 1 aromatic carbocycles. The normalized spacial score (nSPS) is 10.0. The number of nitrogens with two attached hydrogens (primary N) is 1. The van der Waals surface area contributed by atoms with E-state index < -0.39 is 0 Å². The van der Waals surface area contributed by atoms with Gasteiger partial charge < -0.3 is 11.1 Å². The Balaban J connectivity index is 1.97. The molecule has 2 aromatic rings. The van der Waals surface area contributed by atoms with E-state index in [1.165, 1.54) is 0 Å². The van der Waals surface area contributed by atoms with Gasteiger partial charge in [-0.2, -0.15) is 11.3 Å². The Labute approximate surface area is 97.9 Å². The maximum atomic E-state index is 11.6. The summed E-state index contributed by atoms with van der Waals surface area (Å²) < 4.78 is 0. The van der Waals surface area contributed by atoms with Crippen molar-refractivity contribution in [1.82, 2.24) is 0 Å². The molecule has 0 unspecified atom stereocenters. The van der Waals surface area contributed by atoms with Crippen LogP contribution in [0.25, 0.3) is 0 Å². The highest BCUT2D eigenvalue weighted by Crippen LogP contribution is 2.13. The van der Waals surface area contributed by atoms with Crippen molar-refractivity contribution < 1.29 is 4.79 Å². The predicted molar refractivity (Wildman–Crippen MR) is 67.5 cm³/mol. The van der Waals surface area contributed by atoms with Gasteiger partial charge in [-0.3, -0.25) is 4.79 Å². The average molecular weight is 232 g/mol. The molecule has 2 rings (SSSR count). The minimum Gasteiger partial charge on any atom is -0.399 e. The first-order valence-corrected chi connectivity index (χ1v) is 5.85. The van der Waals surface area contributed by atoms with Gasteiger partial charge in [-0.15, -0.1) is 0 Å². The van der Waals surface area contributed by atoms with Crippen molar-refractivity contribution in [3.8, 4) is 0 Å². The first kappa shape index (κ1) is 10.7. The Morgan fingerprint density at radius 1 is 1.38 bits per heavy atom. The van der Waals surface area contributed by atoms with Crippen LogP contribution >= 0.6 is 11.3 Å². The Morgan fingerprint density at radius 3 is 2.94 bits per heavy atom. The Morgan fingerprint density at radius 2 is 2.25 bits per heavy atom. The molecular formula is C12H12N2OS. The van der Waals surface area contributed by atoms with Gasteiger partial charge >= 0.3 is 0 Å². The van der Waals surface area contributed by atoms with Gasteiger partial charge in [0.2, 0.25) is 5.91 Å². The zero-order valence-corrected chi connectivity index (χ0v) is 9.46. The molecule has 0 aliphatic rings. The van der Waals surface area contributed by atoms with Gasteiger partial charge in [0, 0.05) is 11.1 Å². The van der Waals surface area contributed by atoms with Gasteiger partial charge in [-0.25, -0.2) is 0 Å². The standard InChI is InChI=1S/C12H12N2OS/c13-10-3-1-2-9(6-10)7-12(15)14-11-4-5-16-8-11/h1-6,8H,7,13H2,(H,14,15). The highest BCUT2D eigenvalue weighted by atomic mass is 32.1. The van der Waals surface area contributed by atoms with E-state index in [0.717, 1.165) is 11.3 Å². The molecule has 0 atom stereocenters. The molecular weight excluding hydrogens is 220 g/mol. The van der Waals surface area contributed by atoms with E-state index in [4.69, 9.17) is 5.73 Å². The van der Waals surface area contributed by atoms with Crippen molar-refractivity contribution in [2.24, 2.45) is 0 Å². The smallest absolute Gasteiger partial charge is 0.228 e. The Bertz CT molecular complexity index is 480. The lowest BCUT2D eigenvalue weighted by Crippen LogP contribution is -2.13. The van der Waals surface area contributed by atoms with Gasteiger partial charge in [-0.05, 0) is 29.1 Å². The van der Waals surface area contributed by atoms with Crippen LogP contribution in [-0.2, 0) is 11.2 Å². The molecule has 0 aliphatic heterocycles. The SMILES string of the molecule is Nc1cccc(CC(=O)Nc2ccsc2)c1. The number of thiophene rings is 1. The molecule has 0 bridgehead atoms. The fourth-order valence-electron chi connectivity index (χ4n) is 1.43. The summed E-state index contributed by atoms with van der Waals surface area (Å²) >= 11 is 1.56. The van der Waals surface area contributed by atoms with Gasteiger partial charge in [0.15, 0.2) is 0 Å². The molecule has 0 radical (unpaired) electrons. The van der Waals surface area contributed by atoms with E-state index in [9.17, 15) is 4.79 Å². The number of benzene rings is 1. The van der Waals surface area contributed by atoms with Gasteiger partial charge in [-0.1, -0.05) is 12.1 Å². The van der Waals surface area contributed by atoms with Crippen LogP contribution in [0, 0.1) is 0 Å². The van der Waals surface area contributed by atoms with Crippen molar-refractivity contribution in [2.45, 2.75) is 6.42 Å². The predicted octanol–water partition coefficient (Wildman–Crippen LogP) is 2.51. The molecule has 1 amide bonds. The first-order chi connectivity index (χ1) is 7.74. The van der Waals surface area contributed by atoms with E-state index >= 15 is 0 Å². The van der Waals surface area contributed by atoms with Crippen LogP contribution in [0.15, 0.2) is 41.1 Å². The van der Waals surface area contributed by atoms with Crippen LogP contribution in [-0.4, -0.2) is 5.91 Å². The third kappa shape index (κ3) is 2.84. The fourth-order valence-corrected chi connectivity index (χ4v) is 2.02. The van der Waals surface area contributed by atoms with Crippen LogP contribution < -0.4 is 11.1 Å². The van der Waals surface area contributed by atoms with Gasteiger partial charge in [0.1, 0.15) is 0 Å². The summed E-state index contributed by atoms with van der Waals surface area (Å²) in [6, 6.07) is 9.24. The molecule has 1 heterocycles. The van der Waals surface area contributed by atoms with Crippen LogP contribution in [0.4, 0.5) is 11.4 Å². The average Bonchev–Trinajstić information content (AvgIpc) is 2.70. The van der Waals surface area contributed by atoms with Gasteiger partial charge in [0.25, 0.3) is 0 Å². The number of amides is 1. The lowest BCUT2D eigenvalue weighted by Gasteiger charge is -2.03. The maximum Gasteiger partial charge on any atom is 0.228 e. The number of carbonyl (C=O) groups excluding carboxylic acids is 1. The topological polar surface area (TPSA) is 55.1 Å². The molecule has 0 spiro atoms. The summed E-state index contributed by atoms with van der Waals surface area (Å²) in [6.07, 6.45) is 0.348. The third-order valence-electron chi connectivity index (χ3n) is 2.12. The Hall–Kier alpha value is -1.81. The summed E-state index contributed by atoms with van der Waals surface area (Å²) in [4.78, 5) is 11.6. The first-order valence-electron chi connectivity index (χ1n) is 4.90. The molecule has 0 aliphatic carbocycles. The fraction of sp³-hybridized carbons (Fsp3) is 0.0833. The van der Waals surface area contributed by atoms with E-state index in [1.807, 2.05) is 35.0 Å². The molecule has 16 heavy (non-hydrogen) atoms. The van der Waals surface area contributed by atoms with Crippen LogP contribution in [0.1, 0.15) is 5.56 Å². The number of hydrogen-bond donors (Lipinski definition) is 2. The van der Waals surface area contributed by atoms with Gasteiger partial charge in [0.05, 0.1) is 12.1 Å². The monoisotopic (exact) mass is 232 g/mol. The number of hydrogen-bond acceptors (Lipinski definition) is 3. The van der Waals surface area contributed by atoms with Crippen molar-refractivity contribution in [1.29, 1.82) is 0 Å². The van der Waals surface area contributed by atoms with Crippen LogP contribution in [0.3, 0.4) is 0 Å².